The van der Waals surface area contributed by atoms with Crippen molar-refractivity contribution in [2.75, 3.05) is 0 Å². The molecule has 0 radical (unpaired) electrons. The summed E-state index contributed by atoms with van der Waals surface area (Å²) in [5, 5.41) is 0. The molecule has 1 aliphatic rings. The Labute approximate surface area is 84.5 Å². The molecular formula is C13H15F. The molecule has 2 atom stereocenters. The van der Waals surface area contributed by atoms with E-state index in [-0.39, 0.29) is 0 Å². The first-order chi connectivity index (χ1) is 6.77. The first-order valence-electron chi connectivity index (χ1n) is 5.15. The molecule has 2 rings (SSSR count). The van der Waals surface area contributed by atoms with Gasteiger partial charge in [0.2, 0.25) is 0 Å². The van der Waals surface area contributed by atoms with Gasteiger partial charge in [-0.25, -0.2) is 4.39 Å². The van der Waals surface area contributed by atoms with Crippen LogP contribution in [-0.4, -0.2) is 6.17 Å². The van der Waals surface area contributed by atoms with Crippen molar-refractivity contribution in [1.82, 2.24) is 0 Å². The maximum atomic E-state index is 13.0. The van der Waals surface area contributed by atoms with Gasteiger partial charge in [0, 0.05) is 0 Å². The second-order valence-electron chi connectivity index (χ2n) is 4.00. The predicted octanol–water partition coefficient (Wildman–Crippen LogP) is 3.84. The molecule has 2 unspecified atom stereocenters. The van der Waals surface area contributed by atoms with Crippen molar-refractivity contribution in [3.8, 4) is 0 Å². The van der Waals surface area contributed by atoms with Crippen LogP contribution in [0.25, 0.3) is 5.57 Å². The molecule has 14 heavy (non-hydrogen) atoms. The van der Waals surface area contributed by atoms with Gasteiger partial charge in [-0.2, -0.15) is 0 Å². The minimum atomic E-state index is -0.611. The molecular weight excluding hydrogens is 175 g/mol. The van der Waals surface area contributed by atoms with Crippen LogP contribution in [0.2, 0.25) is 0 Å². The van der Waals surface area contributed by atoms with Crippen molar-refractivity contribution in [2.24, 2.45) is 5.92 Å². The number of hydrogen-bond acceptors (Lipinski definition) is 0. The zero-order valence-electron chi connectivity index (χ0n) is 8.25. The van der Waals surface area contributed by atoms with E-state index >= 15 is 0 Å². The summed E-state index contributed by atoms with van der Waals surface area (Å²) >= 11 is 0. The van der Waals surface area contributed by atoms with Crippen LogP contribution >= 0.6 is 0 Å². The average molecular weight is 190 g/mol. The third-order valence-electron chi connectivity index (χ3n) is 3.01. The standard InChI is InChI=1S/C13H15F/c1-10(11-5-3-2-4-6-11)12-7-8-13(14)9-12/h2-6,12-13H,1,7-9H2. The molecule has 0 N–H and O–H groups in total. The second-order valence-corrected chi connectivity index (χ2v) is 4.00. The molecule has 1 heteroatoms. The summed E-state index contributed by atoms with van der Waals surface area (Å²) in [4.78, 5) is 0. The number of alkyl halides is 1. The molecule has 0 saturated heterocycles. The van der Waals surface area contributed by atoms with Gasteiger partial charge in [0.25, 0.3) is 0 Å². The van der Waals surface area contributed by atoms with E-state index in [0.29, 0.717) is 18.8 Å². The van der Waals surface area contributed by atoms with E-state index < -0.39 is 6.17 Å². The Bertz CT molecular complexity index is 315. The lowest BCUT2D eigenvalue weighted by Gasteiger charge is -2.12. The fraction of sp³-hybridized carbons (Fsp3) is 0.385. The van der Waals surface area contributed by atoms with Gasteiger partial charge in [0.1, 0.15) is 6.17 Å². The zero-order chi connectivity index (χ0) is 9.97. The van der Waals surface area contributed by atoms with E-state index in [1.807, 2.05) is 30.3 Å². The molecule has 0 bridgehead atoms. The van der Waals surface area contributed by atoms with Crippen LogP contribution in [0.5, 0.6) is 0 Å². The van der Waals surface area contributed by atoms with Gasteiger partial charge >= 0.3 is 0 Å². The minimum Gasteiger partial charge on any atom is -0.247 e. The molecule has 0 heterocycles. The van der Waals surface area contributed by atoms with Gasteiger partial charge in [-0.05, 0) is 36.3 Å². The van der Waals surface area contributed by atoms with Gasteiger partial charge in [0.05, 0.1) is 0 Å². The Kier molecular flexibility index (Phi) is 2.67. The van der Waals surface area contributed by atoms with E-state index in [1.165, 1.54) is 0 Å². The maximum absolute atomic E-state index is 13.0. The Morgan fingerprint density at radius 1 is 1.21 bits per heavy atom. The highest BCUT2D eigenvalue weighted by Crippen LogP contribution is 2.36. The lowest BCUT2D eigenvalue weighted by Crippen LogP contribution is -1.98. The number of hydrogen-bond donors (Lipinski definition) is 0. The van der Waals surface area contributed by atoms with Crippen molar-refractivity contribution in [3.05, 3.63) is 42.5 Å². The van der Waals surface area contributed by atoms with Crippen molar-refractivity contribution in [1.29, 1.82) is 0 Å². The quantitative estimate of drug-likeness (QED) is 0.664. The fourth-order valence-corrected chi connectivity index (χ4v) is 2.13. The first kappa shape index (κ1) is 9.45. The van der Waals surface area contributed by atoms with Crippen molar-refractivity contribution in [2.45, 2.75) is 25.4 Å². The summed E-state index contributed by atoms with van der Waals surface area (Å²) < 4.78 is 13.0. The number of halogens is 1. The summed E-state index contributed by atoms with van der Waals surface area (Å²) in [6.07, 6.45) is 1.71. The third kappa shape index (κ3) is 1.87. The number of allylic oxidation sites excluding steroid dienone is 1. The van der Waals surface area contributed by atoms with E-state index in [2.05, 4.69) is 6.58 Å². The largest absolute Gasteiger partial charge is 0.247 e. The molecule has 1 saturated carbocycles. The Hall–Kier alpha value is -1.11. The molecule has 0 aliphatic heterocycles. The van der Waals surface area contributed by atoms with Crippen molar-refractivity contribution >= 4 is 5.57 Å². The highest BCUT2D eigenvalue weighted by Gasteiger charge is 2.26. The van der Waals surface area contributed by atoms with E-state index in [9.17, 15) is 4.39 Å². The molecule has 1 aromatic carbocycles. The summed E-state index contributed by atoms with van der Waals surface area (Å²) in [6, 6.07) is 10.1. The fourth-order valence-electron chi connectivity index (χ4n) is 2.13. The summed E-state index contributed by atoms with van der Waals surface area (Å²) in [7, 11) is 0. The molecule has 1 aliphatic carbocycles. The summed E-state index contributed by atoms with van der Waals surface area (Å²) in [5.74, 6) is 0.354. The van der Waals surface area contributed by atoms with Crippen LogP contribution in [0.1, 0.15) is 24.8 Å². The van der Waals surface area contributed by atoms with Gasteiger partial charge in [-0.3, -0.25) is 0 Å². The molecule has 0 amide bonds. The van der Waals surface area contributed by atoms with Crippen LogP contribution in [0.15, 0.2) is 36.9 Å². The topological polar surface area (TPSA) is 0 Å². The molecule has 0 aromatic heterocycles. The zero-order valence-corrected chi connectivity index (χ0v) is 8.25. The van der Waals surface area contributed by atoms with Gasteiger partial charge in [-0.15, -0.1) is 0 Å². The molecule has 74 valence electrons. The average Bonchev–Trinajstić information content (AvgIpc) is 2.65. The van der Waals surface area contributed by atoms with E-state index in [0.717, 1.165) is 17.6 Å². The molecule has 1 aromatic rings. The smallest absolute Gasteiger partial charge is 0.101 e. The van der Waals surface area contributed by atoms with E-state index in [4.69, 9.17) is 0 Å². The van der Waals surface area contributed by atoms with Gasteiger partial charge in [0.15, 0.2) is 0 Å². The lowest BCUT2D eigenvalue weighted by molar-refractivity contribution is 0.338. The Morgan fingerprint density at radius 2 is 1.93 bits per heavy atom. The molecule has 0 spiro atoms. The number of benzene rings is 1. The van der Waals surface area contributed by atoms with Crippen molar-refractivity contribution < 1.29 is 4.39 Å². The highest BCUT2D eigenvalue weighted by molar-refractivity contribution is 5.65. The first-order valence-corrected chi connectivity index (χ1v) is 5.15. The molecule has 0 nitrogen and oxygen atoms in total. The SMILES string of the molecule is C=C(c1ccccc1)C1CCC(F)C1. The Balaban J connectivity index is 2.10. The lowest BCUT2D eigenvalue weighted by atomic mass is 9.93. The van der Waals surface area contributed by atoms with Crippen LogP contribution in [0, 0.1) is 5.92 Å². The summed E-state index contributed by atoms with van der Waals surface area (Å²) in [5.41, 5.74) is 2.26. The molecule has 1 fully saturated rings. The normalized spacial score (nSPS) is 26.4. The maximum Gasteiger partial charge on any atom is 0.101 e. The minimum absolute atomic E-state index is 0.354. The monoisotopic (exact) mass is 190 g/mol. The summed E-state index contributed by atoms with van der Waals surface area (Å²) in [6.45, 7) is 4.07. The Morgan fingerprint density at radius 3 is 2.50 bits per heavy atom. The highest BCUT2D eigenvalue weighted by atomic mass is 19.1. The number of rotatable bonds is 2. The van der Waals surface area contributed by atoms with Gasteiger partial charge < -0.3 is 0 Å². The third-order valence-corrected chi connectivity index (χ3v) is 3.01. The van der Waals surface area contributed by atoms with Crippen LogP contribution in [-0.2, 0) is 0 Å². The van der Waals surface area contributed by atoms with Gasteiger partial charge in [-0.1, -0.05) is 36.9 Å². The van der Waals surface area contributed by atoms with Crippen LogP contribution in [0.3, 0.4) is 0 Å². The van der Waals surface area contributed by atoms with E-state index in [1.54, 1.807) is 0 Å². The van der Waals surface area contributed by atoms with Crippen molar-refractivity contribution in [3.63, 3.8) is 0 Å². The van der Waals surface area contributed by atoms with Crippen LogP contribution < -0.4 is 0 Å². The predicted molar refractivity (Wildman–Crippen MR) is 57.7 cm³/mol. The van der Waals surface area contributed by atoms with Crippen LogP contribution in [0.4, 0.5) is 4.39 Å². The second kappa shape index (κ2) is 3.95.